The molecule has 3 aromatic rings. The molecule has 2 aromatic carbocycles. The van der Waals surface area contributed by atoms with Gasteiger partial charge in [0.2, 0.25) is 5.88 Å². The molecule has 0 fully saturated rings. The van der Waals surface area contributed by atoms with E-state index in [9.17, 15) is 13.2 Å². The van der Waals surface area contributed by atoms with Crippen LogP contribution in [0.25, 0.3) is 11.1 Å². The number of pyridine rings is 1. The Hall–Kier alpha value is -3.63. The topological polar surface area (TPSA) is 110 Å². The Morgan fingerprint density at radius 3 is 2.65 bits per heavy atom. The zero-order chi connectivity index (χ0) is 26.7. The largest absolute Gasteiger partial charge is 0.493 e. The van der Waals surface area contributed by atoms with Gasteiger partial charge < -0.3 is 19.7 Å². The van der Waals surface area contributed by atoms with Gasteiger partial charge in [0.25, 0.3) is 10.0 Å². The minimum absolute atomic E-state index is 0.0321. The van der Waals surface area contributed by atoms with E-state index in [1.54, 1.807) is 24.4 Å². The number of fused-ring (bicyclic) bond motifs is 1. The standard InChI is InChI=1S/C27H32N4O5S/c1-17(2)21-7-6-20(14-19(21)16-31(3)4)37(33,34)30-27(32)29-26-22(8-9-24-23(26)11-13-36-24)18-10-12-28-25(15-18)35-5/h6-10,12,14-15,17H,11,13,16H2,1-5H3,(H2,29,30,32). The first kappa shape index (κ1) is 26.4. The average Bonchev–Trinajstić information content (AvgIpc) is 3.33. The lowest BCUT2D eigenvalue weighted by Crippen LogP contribution is -2.35. The zero-order valence-corrected chi connectivity index (χ0v) is 22.5. The molecular weight excluding hydrogens is 492 g/mol. The van der Waals surface area contributed by atoms with E-state index < -0.39 is 16.1 Å². The van der Waals surface area contributed by atoms with Gasteiger partial charge in [0, 0.05) is 36.4 Å². The smallest absolute Gasteiger partial charge is 0.333 e. The highest BCUT2D eigenvalue weighted by atomic mass is 32.2. The van der Waals surface area contributed by atoms with Crippen molar-refractivity contribution in [1.82, 2.24) is 14.6 Å². The van der Waals surface area contributed by atoms with E-state index in [-0.39, 0.29) is 10.8 Å². The van der Waals surface area contributed by atoms with Gasteiger partial charge in [-0.3, -0.25) is 0 Å². The minimum atomic E-state index is -4.12. The van der Waals surface area contributed by atoms with Crippen molar-refractivity contribution in [2.24, 2.45) is 0 Å². The number of ether oxygens (including phenoxy) is 2. The fraction of sp³-hybridized carbons (Fsp3) is 0.333. The summed E-state index contributed by atoms with van der Waals surface area (Å²) >= 11 is 0. The number of methoxy groups -OCH3 is 1. The first-order chi connectivity index (χ1) is 17.6. The molecule has 0 spiro atoms. The third-order valence-electron chi connectivity index (χ3n) is 6.13. The fourth-order valence-electron chi connectivity index (χ4n) is 4.46. The second-order valence-electron chi connectivity index (χ2n) is 9.46. The fourth-order valence-corrected chi connectivity index (χ4v) is 5.41. The zero-order valence-electron chi connectivity index (χ0n) is 21.7. The van der Waals surface area contributed by atoms with Crippen molar-refractivity contribution in [1.29, 1.82) is 0 Å². The molecule has 0 aliphatic carbocycles. The summed E-state index contributed by atoms with van der Waals surface area (Å²) in [4.78, 5) is 19.2. The molecule has 1 aliphatic heterocycles. The summed E-state index contributed by atoms with van der Waals surface area (Å²) in [5.74, 6) is 1.31. The van der Waals surface area contributed by atoms with Crippen LogP contribution in [0.2, 0.25) is 0 Å². The predicted octanol–water partition coefficient (Wildman–Crippen LogP) is 4.39. The maximum absolute atomic E-state index is 13.2. The van der Waals surface area contributed by atoms with Crippen LogP contribution in [0.5, 0.6) is 11.6 Å². The van der Waals surface area contributed by atoms with E-state index in [1.165, 1.54) is 13.2 Å². The van der Waals surface area contributed by atoms with E-state index >= 15 is 0 Å². The number of sulfonamides is 1. The number of urea groups is 1. The number of nitrogens with one attached hydrogen (secondary N) is 2. The number of aromatic nitrogens is 1. The van der Waals surface area contributed by atoms with Crippen molar-refractivity contribution in [3.63, 3.8) is 0 Å². The lowest BCUT2D eigenvalue weighted by atomic mass is 9.97. The van der Waals surface area contributed by atoms with E-state index in [0.717, 1.165) is 22.3 Å². The highest BCUT2D eigenvalue weighted by molar-refractivity contribution is 7.90. The maximum Gasteiger partial charge on any atom is 0.333 e. The Labute approximate surface area is 217 Å². The van der Waals surface area contributed by atoms with Gasteiger partial charge in [-0.25, -0.2) is 22.9 Å². The van der Waals surface area contributed by atoms with Crippen LogP contribution < -0.4 is 19.5 Å². The summed E-state index contributed by atoms with van der Waals surface area (Å²) < 4.78 is 39.5. The van der Waals surface area contributed by atoms with Gasteiger partial charge in [-0.2, -0.15) is 0 Å². The van der Waals surface area contributed by atoms with Crippen LogP contribution in [0.15, 0.2) is 53.6 Å². The van der Waals surface area contributed by atoms with Gasteiger partial charge in [-0.1, -0.05) is 19.9 Å². The second kappa shape index (κ2) is 10.8. The minimum Gasteiger partial charge on any atom is -0.493 e. The molecule has 9 nitrogen and oxygen atoms in total. The van der Waals surface area contributed by atoms with Gasteiger partial charge in [0.15, 0.2) is 0 Å². The highest BCUT2D eigenvalue weighted by Crippen LogP contribution is 2.40. The molecule has 2 heterocycles. The first-order valence-corrected chi connectivity index (χ1v) is 13.5. The summed E-state index contributed by atoms with van der Waals surface area (Å²) in [7, 11) is 1.25. The first-order valence-electron chi connectivity index (χ1n) is 12.0. The molecule has 1 aromatic heterocycles. The number of rotatable bonds is 8. The third-order valence-corrected chi connectivity index (χ3v) is 7.46. The number of hydrogen-bond donors (Lipinski definition) is 2. The van der Waals surface area contributed by atoms with E-state index in [1.807, 2.05) is 37.2 Å². The van der Waals surface area contributed by atoms with E-state index in [0.29, 0.717) is 42.5 Å². The van der Waals surface area contributed by atoms with E-state index in [4.69, 9.17) is 9.47 Å². The van der Waals surface area contributed by atoms with Crippen LogP contribution >= 0.6 is 0 Å². The monoisotopic (exact) mass is 524 g/mol. The molecule has 37 heavy (non-hydrogen) atoms. The Kier molecular flexibility index (Phi) is 7.70. The summed E-state index contributed by atoms with van der Waals surface area (Å²) in [5.41, 5.74) is 4.71. The summed E-state index contributed by atoms with van der Waals surface area (Å²) in [5, 5.41) is 2.77. The molecule has 0 atom stereocenters. The molecule has 0 saturated heterocycles. The van der Waals surface area contributed by atoms with Crippen molar-refractivity contribution in [3.05, 3.63) is 65.4 Å². The molecule has 196 valence electrons. The summed E-state index contributed by atoms with van der Waals surface area (Å²) in [6, 6.07) is 11.3. The van der Waals surface area contributed by atoms with Crippen LogP contribution in [0.3, 0.4) is 0 Å². The molecule has 10 heteroatoms. The second-order valence-corrected chi connectivity index (χ2v) is 11.1. The number of hydrogen-bond acceptors (Lipinski definition) is 7. The normalized spacial score (nSPS) is 12.8. The van der Waals surface area contributed by atoms with Crippen molar-refractivity contribution in [2.45, 2.75) is 37.6 Å². The van der Waals surface area contributed by atoms with Gasteiger partial charge in [-0.05, 0) is 67.0 Å². The van der Waals surface area contributed by atoms with Crippen LogP contribution in [-0.2, 0) is 23.0 Å². The van der Waals surface area contributed by atoms with Crippen LogP contribution in [-0.4, -0.2) is 52.1 Å². The molecule has 2 amide bonds. The quantitative estimate of drug-likeness (QED) is 0.450. The molecule has 0 radical (unpaired) electrons. The Morgan fingerprint density at radius 1 is 1.16 bits per heavy atom. The molecule has 2 N–H and O–H groups in total. The van der Waals surface area contributed by atoms with Crippen LogP contribution in [0.4, 0.5) is 10.5 Å². The maximum atomic E-state index is 13.2. The number of carbonyl (C=O) groups is 1. The number of benzene rings is 2. The lowest BCUT2D eigenvalue weighted by Gasteiger charge is -2.19. The van der Waals surface area contributed by atoms with Gasteiger partial charge in [0.05, 0.1) is 24.3 Å². The Bertz CT molecular complexity index is 1420. The van der Waals surface area contributed by atoms with Crippen molar-refractivity contribution < 1.29 is 22.7 Å². The summed E-state index contributed by atoms with van der Waals surface area (Å²) in [6.45, 7) is 5.18. The third kappa shape index (κ3) is 5.86. The molecule has 0 saturated carbocycles. The van der Waals surface area contributed by atoms with Gasteiger partial charge in [-0.15, -0.1) is 0 Å². The number of carbonyl (C=O) groups excluding carboxylic acids is 1. The lowest BCUT2D eigenvalue weighted by molar-refractivity contribution is 0.256. The summed E-state index contributed by atoms with van der Waals surface area (Å²) in [6.07, 6.45) is 2.19. The van der Waals surface area contributed by atoms with Crippen LogP contribution in [0.1, 0.15) is 36.5 Å². The van der Waals surface area contributed by atoms with Crippen LogP contribution in [0, 0.1) is 0 Å². The predicted molar refractivity (Wildman–Crippen MR) is 143 cm³/mol. The van der Waals surface area contributed by atoms with Gasteiger partial charge in [0.1, 0.15) is 5.75 Å². The number of anilines is 1. The Balaban J connectivity index is 1.64. The molecule has 0 unspecified atom stereocenters. The van der Waals surface area contributed by atoms with Crippen molar-refractivity contribution in [2.75, 3.05) is 33.1 Å². The molecule has 0 bridgehead atoms. The number of amides is 2. The Morgan fingerprint density at radius 2 is 1.95 bits per heavy atom. The SMILES string of the molecule is COc1cc(-c2ccc3c(c2NC(=O)NS(=O)(=O)c2ccc(C(C)C)c(CN(C)C)c2)CCO3)ccn1. The van der Waals surface area contributed by atoms with E-state index in [2.05, 4.69) is 28.9 Å². The van der Waals surface area contributed by atoms with Gasteiger partial charge >= 0.3 is 6.03 Å². The van der Waals surface area contributed by atoms with Crippen molar-refractivity contribution in [3.8, 4) is 22.8 Å². The molecular formula is C27H32N4O5S. The highest BCUT2D eigenvalue weighted by Gasteiger charge is 2.25. The number of nitrogens with zero attached hydrogens (tertiary/aromatic N) is 2. The molecule has 1 aliphatic rings. The molecule has 4 rings (SSSR count). The average molecular weight is 525 g/mol. The van der Waals surface area contributed by atoms with Crippen molar-refractivity contribution >= 4 is 21.7 Å².